The monoisotopic (exact) mass is 369 g/mol. The van der Waals surface area contributed by atoms with Gasteiger partial charge >= 0.3 is 0 Å². The Kier molecular flexibility index (Phi) is 6.73. The number of carbonyl (C=O) groups is 1. The molecular formula is C20H27N5O2. The summed E-state index contributed by atoms with van der Waals surface area (Å²) in [5, 5.41) is 3.22. The highest BCUT2D eigenvalue weighted by Gasteiger charge is 2.25. The zero-order valence-corrected chi connectivity index (χ0v) is 16.0. The molecule has 1 amide bonds. The van der Waals surface area contributed by atoms with Crippen molar-refractivity contribution in [2.75, 3.05) is 44.6 Å². The Bertz CT molecular complexity index is 719. The van der Waals surface area contributed by atoms with Gasteiger partial charge in [0.2, 0.25) is 5.91 Å². The largest absolute Gasteiger partial charge is 0.369 e. The Morgan fingerprint density at radius 2 is 2.11 bits per heavy atom. The lowest BCUT2D eigenvalue weighted by Gasteiger charge is -2.33. The van der Waals surface area contributed by atoms with Gasteiger partial charge in [0.15, 0.2) is 0 Å². The highest BCUT2D eigenvalue weighted by atomic mass is 16.5. The van der Waals surface area contributed by atoms with Gasteiger partial charge in [-0.05, 0) is 38.1 Å². The Morgan fingerprint density at radius 3 is 2.78 bits per heavy atom. The molecule has 27 heavy (non-hydrogen) atoms. The SMILES string of the molecule is CCN(CC)C(=O)CN1CCOC(c2ccc(Nc3ccccn3)cn2)C1. The molecule has 0 radical (unpaired) electrons. The number of carbonyl (C=O) groups excluding carboxylic acids is 1. The fraction of sp³-hybridized carbons (Fsp3) is 0.450. The van der Waals surface area contributed by atoms with Crippen LogP contribution in [0.2, 0.25) is 0 Å². The molecule has 1 aliphatic heterocycles. The smallest absolute Gasteiger partial charge is 0.236 e. The minimum atomic E-state index is -0.118. The summed E-state index contributed by atoms with van der Waals surface area (Å²) < 4.78 is 5.89. The van der Waals surface area contributed by atoms with Gasteiger partial charge in [0.25, 0.3) is 0 Å². The van der Waals surface area contributed by atoms with Crippen LogP contribution >= 0.6 is 0 Å². The second kappa shape index (κ2) is 9.43. The van der Waals surface area contributed by atoms with E-state index in [2.05, 4.69) is 20.2 Å². The van der Waals surface area contributed by atoms with E-state index in [0.29, 0.717) is 19.7 Å². The first-order valence-corrected chi connectivity index (χ1v) is 9.45. The molecule has 1 unspecified atom stereocenters. The molecule has 1 N–H and O–H groups in total. The molecule has 0 aromatic carbocycles. The summed E-state index contributed by atoms with van der Waals surface area (Å²) in [7, 11) is 0. The quantitative estimate of drug-likeness (QED) is 0.808. The maximum atomic E-state index is 12.3. The standard InChI is InChI=1S/C20H27N5O2/c1-3-25(4-2)20(26)15-24-11-12-27-18(14-24)17-9-8-16(13-22-17)23-19-7-5-6-10-21-19/h5-10,13,18H,3-4,11-12,14-15H2,1-2H3,(H,21,23). The van der Waals surface area contributed by atoms with Crippen LogP contribution in [0.3, 0.4) is 0 Å². The van der Waals surface area contributed by atoms with Gasteiger partial charge in [-0.15, -0.1) is 0 Å². The number of amides is 1. The number of pyridine rings is 2. The van der Waals surface area contributed by atoms with E-state index in [-0.39, 0.29) is 12.0 Å². The van der Waals surface area contributed by atoms with E-state index in [1.54, 1.807) is 12.4 Å². The van der Waals surface area contributed by atoms with Gasteiger partial charge in [-0.25, -0.2) is 4.98 Å². The summed E-state index contributed by atoms with van der Waals surface area (Å²) >= 11 is 0. The van der Waals surface area contributed by atoms with E-state index in [9.17, 15) is 4.79 Å². The van der Waals surface area contributed by atoms with Gasteiger partial charge in [-0.3, -0.25) is 14.7 Å². The molecule has 1 fully saturated rings. The van der Waals surface area contributed by atoms with Crippen LogP contribution in [0.1, 0.15) is 25.6 Å². The summed E-state index contributed by atoms with van der Waals surface area (Å²) in [6.45, 7) is 7.98. The second-order valence-electron chi connectivity index (χ2n) is 6.47. The average Bonchev–Trinajstić information content (AvgIpc) is 2.70. The van der Waals surface area contributed by atoms with Gasteiger partial charge in [0.05, 0.1) is 30.7 Å². The molecule has 0 saturated carbocycles. The number of hydrogen-bond donors (Lipinski definition) is 1. The van der Waals surface area contributed by atoms with Crippen LogP contribution in [0.4, 0.5) is 11.5 Å². The summed E-state index contributed by atoms with van der Waals surface area (Å²) in [4.78, 5) is 25.1. The first-order chi connectivity index (χ1) is 13.2. The lowest BCUT2D eigenvalue weighted by molar-refractivity contribution is -0.134. The maximum absolute atomic E-state index is 12.3. The molecule has 3 heterocycles. The predicted octanol–water partition coefficient (Wildman–Crippen LogP) is 2.46. The van der Waals surface area contributed by atoms with E-state index < -0.39 is 0 Å². The summed E-state index contributed by atoms with van der Waals surface area (Å²) in [6, 6.07) is 9.65. The van der Waals surface area contributed by atoms with Gasteiger partial charge < -0.3 is 15.0 Å². The van der Waals surface area contributed by atoms with Crippen LogP contribution in [0.5, 0.6) is 0 Å². The maximum Gasteiger partial charge on any atom is 0.236 e. The van der Waals surface area contributed by atoms with Crippen LogP contribution < -0.4 is 5.32 Å². The Labute approximate surface area is 160 Å². The minimum absolute atomic E-state index is 0.118. The molecule has 0 bridgehead atoms. The number of nitrogens with one attached hydrogen (secondary N) is 1. The van der Waals surface area contributed by atoms with Crippen molar-refractivity contribution in [2.45, 2.75) is 20.0 Å². The number of morpholine rings is 1. The molecule has 0 spiro atoms. The summed E-state index contributed by atoms with van der Waals surface area (Å²) in [5.41, 5.74) is 1.75. The molecule has 2 aromatic heterocycles. The van der Waals surface area contributed by atoms with Crippen molar-refractivity contribution in [2.24, 2.45) is 0 Å². The fourth-order valence-corrected chi connectivity index (χ4v) is 3.15. The average molecular weight is 369 g/mol. The molecule has 1 saturated heterocycles. The van der Waals surface area contributed by atoms with Gasteiger partial charge in [-0.1, -0.05) is 6.07 Å². The number of nitrogens with zero attached hydrogens (tertiary/aromatic N) is 4. The van der Waals surface area contributed by atoms with E-state index in [0.717, 1.165) is 36.8 Å². The molecule has 0 aliphatic carbocycles. The zero-order valence-electron chi connectivity index (χ0n) is 16.0. The normalized spacial score (nSPS) is 17.5. The van der Waals surface area contributed by atoms with E-state index >= 15 is 0 Å². The van der Waals surface area contributed by atoms with Crippen molar-refractivity contribution < 1.29 is 9.53 Å². The van der Waals surface area contributed by atoms with Crippen molar-refractivity contribution in [3.05, 3.63) is 48.4 Å². The predicted molar refractivity (Wildman–Crippen MR) is 105 cm³/mol. The first kappa shape index (κ1) is 19.3. The van der Waals surface area contributed by atoms with Gasteiger partial charge in [0.1, 0.15) is 11.9 Å². The van der Waals surface area contributed by atoms with E-state index in [1.807, 2.05) is 49.1 Å². The molecule has 144 valence electrons. The lowest BCUT2D eigenvalue weighted by atomic mass is 10.2. The number of aromatic nitrogens is 2. The van der Waals surface area contributed by atoms with Crippen LogP contribution in [0, 0.1) is 0 Å². The van der Waals surface area contributed by atoms with Crippen LogP contribution in [0.15, 0.2) is 42.7 Å². The molecule has 1 aliphatic rings. The number of anilines is 2. The molecule has 1 atom stereocenters. The lowest BCUT2D eigenvalue weighted by Crippen LogP contribution is -2.45. The van der Waals surface area contributed by atoms with Crippen LogP contribution in [0.25, 0.3) is 0 Å². The number of ether oxygens (including phenoxy) is 1. The third kappa shape index (κ3) is 5.24. The van der Waals surface area contributed by atoms with Crippen molar-refractivity contribution in [3.63, 3.8) is 0 Å². The molecular weight excluding hydrogens is 342 g/mol. The van der Waals surface area contributed by atoms with Crippen molar-refractivity contribution in [1.82, 2.24) is 19.8 Å². The topological polar surface area (TPSA) is 70.6 Å². The molecule has 7 heteroatoms. The molecule has 3 rings (SSSR count). The highest BCUT2D eigenvalue weighted by Crippen LogP contribution is 2.22. The second-order valence-corrected chi connectivity index (χ2v) is 6.47. The Hall–Kier alpha value is -2.51. The van der Waals surface area contributed by atoms with Crippen molar-refractivity contribution in [3.8, 4) is 0 Å². The van der Waals surface area contributed by atoms with Crippen molar-refractivity contribution in [1.29, 1.82) is 0 Å². The first-order valence-electron chi connectivity index (χ1n) is 9.45. The fourth-order valence-electron chi connectivity index (χ4n) is 3.15. The summed E-state index contributed by atoms with van der Waals surface area (Å²) in [5.74, 6) is 0.950. The van der Waals surface area contributed by atoms with Gasteiger partial charge in [0, 0.05) is 32.4 Å². The Morgan fingerprint density at radius 1 is 1.26 bits per heavy atom. The van der Waals surface area contributed by atoms with Crippen LogP contribution in [-0.4, -0.2) is 65.0 Å². The van der Waals surface area contributed by atoms with Gasteiger partial charge in [-0.2, -0.15) is 0 Å². The molecule has 2 aromatic rings. The molecule has 7 nitrogen and oxygen atoms in total. The number of hydrogen-bond acceptors (Lipinski definition) is 6. The number of likely N-dealkylation sites (N-methyl/N-ethyl adjacent to an activating group) is 1. The third-order valence-electron chi connectivity index (χ3n) is 4.68. The van der Waals surface area contributed by atoms with Crippen LogP contribution in [-0.2, 0) is 9.53 Å². The Balaban J connectivity index is 1.58. The van der Waals surface area contributed by atoms with Crippen molar-refractivity contribution >= 4 is 17.4 Å². The van der Waals surface area contributed by atoms with E-state index in [1.165, 1.54) is 0 Å². The highest BCUT2D eigenvalue weighted by molar-refractivity contribution is 5.78. The summed E-state index contributed by atoms with van der Waals surface area (Å²) in [6.07, 6.45) is 3.41. The third-order valence-corrected chi connectivity index (χ3v) is 4.68. The van der Waals surface area contributed by atoms with E-state index in [4.69, 9.17) is 4.74 Å². The number of rotatable bonds is 7. The minimum Gasteiger partial charge on any atom is -0.369 e. The zero-order chi connectivity index (χ0) is 19.1.